The summed E-state index contributed by atoms with van der Waals surface area (Å²) in [6, 6.07) is -1.52. The van der Waals surface area contributed by atoms with Crippen molar-refractivity contribution in [3.8, 4) is 0 Å². The average Bonchev–Trinajstić information content (AvgIpc) is 2.77. The Kier molecular flexibility index (Phi) is 8.46. The van der Waals surface area contributed by atoms with Gasteiger partial charge in [0.15, 0.2) is 17.2 Å². The third-order valence-corrected chi connectivity index (χ3v) is 5.45. The summed E-state index contributed by atoms with van der Waals surface area (Å²) in [6.07, 6.45) is 1.62. The van der Waals surface area contributed by atoms with Crippen molar-refractivity contribution in [2.24, 2.45) is 34.8 Å². The first kappa shape index (κ1) is 23.6. The molecular weight excluding hydrogens is 346 g/mol. The number of carbonyl (C=O) groups is 3. The highest BCUT2D eigenvalue weighted by atomic mass is 16.3. The predicted octanol–water partition coefficient (Wildman–Crippen LogP) is 3.72. The molecule has 0 aliphatic heterocycles. The van der Waals surface area contributed by atoms with Crippen LogP contribution in [0.5, 0.6) is 0 Å². The van der Waals surface area contributed by atoms with Crippen molar-refractivity contribution in [1.82, 2.24) is 0 Å². The van der Waals surface area contributed by atoms with E-state index in [1.54, 1.807) is 0 Å². The van der Waals surface area contributed by atoms with Crippen molar-refractivity contribution in [3.63, 3.8) is 0 Å². The summed E-state index contributed by atoms with van der Waals surface area (Å²) < 4.78 is 0. The van der Waals surface area contributed by atoms with Gasteiger partial charge in [0.1, 0.15) is 17.7 Å². The molecule has 0 amide bonds. The molecule has 6 nitrogen and oxygen atoms in total. The fourth-order valence-electron chi connectivity index (χ4n) is 3.90. The van der Waals surface area contributed by atoms with Crippen LogP contribution in [0.25, 0.3) is 0 Å². The molecule has 1 saturated carbocycles. The first-order chi connectivity index (χ1) is 12.5. The maximum absolute atomic E-state index is 13.0. The van der Waals surface area contributed by atoms with Gasteiger partial charge >= 0.3 is 0 Å². The Morgan fingerprint density at radius 3 is 2.04 bits per heavy atom. The predicted molar refractivity (Wildman–Crippen MR) is 104 cm³/mol. The Morgan fingerprint density at radius 2 is 1.59 bits per heavy atom. The quantitative estimate of drug-likeness (QED) is 0.434. The highest BCUT2D eigenvalue weighted by Crippen LogP contribution is 2.44. The number of hydrogen-bond acceptors (Lipinski definition) is 6. The lowest BCUT2D eigenvalue weighted by Gasteiger charge is -2.30. The molecule has 0 spiro atoms. The van der Waals surface area contributed by atoms with Crippen LogP contribution in [0.3, 0.4) is 0 Å². The lowest BCUT2D eigenvalue weighted by Crippen LogP contribution is -2.51. The molecule has 1 fully saturated rings. The number of nitrogens with zero attached hydrogens (tertiary/aromatic N) is 1. The van der Waals surface area contributed by atoms with E-state index >= 15 is 0 Å². The van der Waals surface area contributed by atoms with E-state index < -0.39 is 40.8 Å². The van der Waals surface area contributed by atoms with Gasteiger partial charge in [-0.05, 0) is 30.6 Å². The molecule has 1 aliphatic carbocycles. The Labute approximate surface area is 162 Å². The maximum atomic E-state index is 13.0. The van der Waals surface area contributed by atoms with Crippen molar-refractivity contribution in [2.45, 2.75) is 85.3 Å². The Bertz CT molecular complexity index is 569. The molecule has 0 saturated heterocycles. The van der Waals surface area contributed by atoms with Crippen molar-refractivity contribution < 1.29 is 19.5 Å². The van der Waals surface area contributed by atoms with E-state index in [1.165, 1.54) is 0 Å². The van der Waals surface area contributed by atoms with Gasteiger partial charge in [0.2, 0.25) is 0 Å². The SMILES string of the molecule is CC(C)CCC(=O)[C@]1(O)C(CCC(C)C)C(=O)C(C(=O)CC(C)C)C1N=O. The van der Waals surface area contributed by atoms with Crippen LogP contribution in [-0.4, -0.2) is 34.1 Å². The minimum absolute atomic E-state index is 0.0112. The average molecular weight is 382 g/mol. The molecule has 6 heteroatoms. The molecule has 1 aliphatic rings. The number of nitroso groups, excluding NO2 is 1. The van der Waals surface area contributed by atoms with Crippen LogP contribution >= 0.6 is 0 Å². The second-order valence-electron chi connectivity index (χ2n) is 9.20. The fourth-order valence-corrected chi connectivity index (χ4v) is 3.90. The van der Waals surface area contributed by atoms with Gasteiger partial charge in [-0.3, -0.25) is 14.4 Å². The zero-order valence-electron chi connectivity index (χ0n) is 17.5. The van der Waals surface area contributed by atoms with Crippen LogP contribution in [0.1, 0.15) is 73.6 Å². The lowest BCUT2D eigenvalue weighted by molar-refractivity contribution is -0.146. The maximum Gasteiger partial charge on any atom is 0.167 e. The van der Waals surface area contributed by atoms with E-state index in [0.717, 1.165) is 0 Å². The van der Waals surface area contributed by atoms with Crippen LogP contribution in [0, 0.1) is 34.5 Å². The van der Waals surface area contributed by atoms with E-state index in [0.29, 0.717) is 12.8 Å². The molecule has 0 radical (unpaired) electrons. The second kappa shape index (κ2) is 9.67. The minimum atomic E-state index is -2.17. The van der Waals surface area contributed by atoms with Gasteiger partial charge in [-0.2, -0.15) is 4.91 Å². The topological polar surface area (TPSA) is 101 Å². The third kappa shape index (κ3) is 5.31. The molecule has 1 rings (SSSR count). The summed E-state index contributed by atoms with van der Waals surface area (Å²) in [5.41, 5.74) is -2.17. The summed E-state index contributed by atoms with van der Waals surface area (Å²) in [4.78, 5) is 50.2. The van der Waals surface area contributed by atoms with E-state index in [2.05, 4.69) is 5.18 Å². The van der Waals surface area contributed by atoms with E-state index in [1.807, 2.05) is 41.5 Å². The van der Waals surface area contributed by atoms with Crippen molar-refractivity contribution >= 4 is 17.3 Å². The lowest BCUT2D eigenvalue weighted by atomic mass is 9.78. The van der Waals surface area contributed by atoms with Crippen LogP contribution in [0.2, 0.25) is 0 Å². The van der Waals surface area contributed by atoms with Gasteiger partial charge in [-0.15, -0.1) is 0 Å². The smallest absolute Gasteiger partial charge is 0.167 e. The molecule has 0 aromatic rings. The summed E-state index contributed by atoms with van der Waals surface area (Å²) >= 11 is 0. The van der Waals surface area contributed by atoms with E-state index in [9.17, 15) is 24.4 Å². The van der Waals surface area contributed by atoms with Crippen LogP contribution in [0.4, 0.5) is 0 Å². The van der Waals surface area contributed by atoms with Gasteiger partial charge in [0.25, 0.3) is 0 Å². The molecule has 0 aromatic carbocycles. The molecule has 3 unspecified atom stereocenters. The third-order valence-electron chi connectivity index (χ3n) is 5.45. The van der Waals surface area contributed by atoms with Crippen LogP contribution < -0.4 is 0 Å². The Hall–Kier alpha value is -1.43. The monoisotopic (exact) mass is 381 g/mol. The number of aliphatic hydroxyl groups is 1. The molecule has 0 bridgehead atoms. The minimum Gasteiger partial charge on any atom is -0.379 e. The van der Waals surface area contributed by atoms with Gasteiger partial charge in [0.05, 0.1) is 5.92 Å². The number of ketones is 3. The van der Waals surface area contributed by atoms with Crippen molar-refractivity contribution in [1.29, 1.82) is 0 Å². The second-order valence-corrected chi connectivity index (χ2v) is 9.20. The largest absolute Gasteiger partial charge is 0.379 e. The fraction of sp³-hybridized carbons (Fsp3) is 0.857. The van der Waals surface area contributed by atoms with Crippen molar-refractivity contribution in [3.05, 3.63) is 4.91 Å². The number of rotatable bonds is 11. The van der Waals surface area contributed by atoms with Gasteiger partial charge in [0, 0.05) is 12.8 Å². The normalized spacial score (nSPS) is 28.4. The van der Waals surface area contributed by atoms with Gasteiger partial charge in [-0.1, -0.05) is 53.1 Å². The van der Waals surface area contributed by atoms with Gasteiger partial charge in [-0.25, -0.2) is 0 Å². The number of Topliss-reactive ketones (excluding diaryl/α,β-unsaturated/α-hetero) is 3. The van der Waals surface area contributed by atoms with E-state index in [4.69, 9.17) is 0 Å². The highest BCUT2D eigenvalue weighted by molar-refractivity contribution is 6.11. The number of hydrogen-bond donors (Lipinski definition) is 1. The summed E-state index contributed by atoms with van der Waals surface area (Å²) in [6.45, 7) is 11.6. The van der Waals surface area contributed by atoms with Crippen LogP contribution in [-0.2, 0) is 14.4 Å². The molecule has 1 N–H and O–H groups in total. The van der Waals surface area contributed by atoms with Gasteiger partial charge < -0.3 is 5.11 Å². The molecular formula is C21H35NO5. The molecule has 0 heterocycles. The van der Waals surface area contributed by atoms with Crippen molar-refractivity contribution in [2.75, 3.05) is 0 Å². The summed E-state index contributed by atoms with van der Waals surface area (Å²) in [5, 5.41) is 14.3. The Balaban J connectivity index is 3.29. The zero-order valence-corrected chi connectivity index (χ0v) is 17.5. The molecule has 0 aromatic heterocycles. The van der Waals surface area contributed by atoms with E-state index in [-0.39, 0.29) is 37.0 Å². The Morgan fingerprint density at radius 1 is 1.04 bits per heavy atom. The molecule has 154 valence electrons. The zero-order chi connectivity index (χ0) is 20.9. The summed E-state index contributed by atoms with van der Waals surface area (Å²) in [7, 11) is 0. The first-order valence-corrected chi connectivity index (χ1v) is 10.1. The summed E-state index contributed by atoms with van der Waals surface area (Å²) in [5.74, 6) is -3.27. The number of carbonyl (C=O) groups excluding carboxylic acids is 3. The molecule has 27 heavy (non-hydrogen) atoms. The van der Waals surface area contributed by atoms with Crippen LogP contribution in [0.15, 0.2) is 5.18 Å². The first-order valence-electron chi connectivity index (χ1n) is 10.1. The molecule has 4 atom stereocenters. The highest BCUT2D eigenvalue weighted by Gasteiger charge is 2.65. The standard InChI is InChI=1S/C21H35NO5/c1-12(2)7-9-15-19(25)18(16(23)11-14(5)6)20(22-27)21(15,26)17(24)10-8-13(3)4/h12-15,18,20,26H,7-11H2,1-6H3/t15?,18?,20?,21-/m1/s1.